The highest BCUT2D eigenvalue weighted by Gasteiger charge is 2.22. The summed E-state index contributed by atoms with van der Waals surface area (Å²) in [6, 6.07) is 7.47. The lowest BCUT2D eigenvalue weighted by Crippen LogP contribution is -2.48. The van der Waals surface area contributed by atoms with Crippen LogP contribution < -0.4 is 10.1 Å². The summed E-state index contributed by atoms with van der Waals surface area (Å²) >= 11 is 0. The molecule has 2 aromatic rings. The average Bonchev–Trinajstić information content (AvgIpc) is 2.94. The van der Waals surface area contributed by atoms with Gasteiger partial charge in [0.25, 0.3) is 0 Å². The van der Waals surface area contributed by atoms with E-state index in [1.54, 1.807) is 7.11 Å². The number of oxazole rings is 1. The molecule has 25 heavy (non-hydrogen) atoms. The Kier molecular flexibility index (Phi) is 5.85. The fraction of sp³-hybridized carbons (Fsp3) is 0.474. The van der Waals surface area contributed by atoms with Crippen molar-refractivity contribution in [3.8, 4) is 17.2 Å². The van der Waals surface area contributed by atoms with E-state index >= 15 is 0 Å². The highest BCUT2D eigenvalue weighted by molar-refractivity contribution is 5.78. The molecular weight excluding hydrogens is 318 g/mol. The first kappa shape index (κ1) is 19.0. The summed E-state index contributed by atoms with van der Waals surface area (Å²) in [7, 11) is 5.61. The number of methoxy groups -OCH3 is 1. The molecule has 1 heterocycles. The summed E-state index contributed by atoms with van der Waals surface area (Å²) in [4.78, 5) is 18.8. The Morgan fingerprint density at radius 1 is 1.28 bits per heavy atom. The van der Waals surface area contributed by atoms with Crippen LogP contribution in [-0.4, -0.2) is 49.1 Å². The Bertz CT molecular complexity index is 718. The zero-order valence-electron chi connectivity index (χ0n) is 15.8. The van der Waals surface area contributed by atoms with Gasteiger partial charge in [0.15, 0.2) is 0 Å². The SMILES string of the molecule is COc1ccc(-c2nc(CC(=O)NCC(C)(C)N(C)C)c(C)o2)cc1. The molecule has 0 aliphatic carbocycles. The highest BCUT2D eigenvalue weighted by Crippen LogP contribution is 2.24. The number of hydrogen-bond donors (Lipinski definition) is 1. The van der Waals surface area contributed by atoms with E-state index in [-0.39, 0.29) is 17.9 Å². The fourth-order valence-corrected chi connectivity index (χ4v) is 2.14. The zero-order valence-corrected chi connectivity index (χ0v) is 15.8. The molecule has 136 valence electrons. The summed E-state index contributed by atoms with van der Waals surface area (Å²) in [5.74, 6) is 1.88. The molecule has 1 aromatic heterocycles. The summed E-state index contributed by atoms with van der Waals surface area (Å²) in [6.07, 6.45) is 0.203. The van der Waals surface area contributed by atoms with Gasteiger partial charge in [-0.2, -0.15) is 0 Å². The Morgan fingerprint density at radius 2 is 1.92 bits per heavy atom. The molecule has 0 radical (unpaired) electrons. The molecule has 0 fully saturated rings. The Morgan fingerprint density at radius 3 is 2.48 bits per heavy atom. The van der Waals surface area contributed by atoms with Gasteiger partial charge in [0.2, 0.25) is 11.8 Å². The second-order valence-corrected chi connectivity index (χ2v) is 6.91. The summed E-state index contributed by atoms with van der Waals surface area (Å²) in [6.45, 7) is 6.56. The van der Waals surface area contributed by atoms with E-state index in [0.29, 0.717) is 23.9 Å². The molecule has 2 rings (SSSR count). The van der Waals surface area contributed by atoms with Gasteiger partial charge in [-0.1, -0.05) is 0 Å². The topological polar surface area (TPSA) is 67.6 Å². The van der Waals surface area contributed by atoms with E-state index in [1.807, 2.05) is 45.3 Å². The van der Waals surface area contributed by atoms with Gasteiger partial charge in [-0.15, -0.1) is 0 Å². The minimum absolute atomic E-state index is 0.0624. The third-order valence-corrected chi connectivity index (χ3v) is 4.49. The lowest BCUT2D eigenvalue weighted by Gasteiger charge is -2.32. The van der Waals surface area contributed by atoms with Gasteiger partial charge in [0.1, 0.15) is 11.5 Å². The Balaban J connectivity index is 2.03. The largest absolute Gasteiger partial charge is 0.497 e. The van der Waals surface area contributed by atoms with Crippen LogP contribution in [0.3, 0.4) is 0 Å². The van der Waals surface area contributed by atoms with E-state index < -0.39 is 0 Å². The van der Waals surface area contributed by atoms with Crippen LogP contribution in [0.15, 0.2) is 28.7 Å². The average molecular weight is 345 g/mol. The van der Waals surface area contributed by atoms with Crippen LogP contribution in [0.2, 0.25) is 0 Å². The molecule has 0 spiro atoms. The van der Waals surface area contributed by atoms with Crippen molar-refractivity contribution in [2.24, 2.45) is 0 Å². The number of benzene rings is 1. The van der Waals surface area contributed by atoms with Crippen LogP contribution >= 0.6 is 0 Å². The third kappa shape index (κ3) is 4.82. The first-order chi connectivity index (χ1) is 11.7. The Labute approximate surface area is 149 Å². The quantitative estimate of drug-likeness (QED) is 0.835. The molecule has 6 nitrogen and oxygen atoms in total. The van der Waals surface area contributed by atoms with Crippen LogP contribution in [0, 0.1) is 6.92 Å². The Hall–Kier alpha value is -2.34. The van der Waals surface area contributed by atoms with Crippen LogP contribution in [-0.2, 0) is 11.2 Å². The van der Waals surface area contributed by atoms with Crippen molar-refractivity contribution in [3.05, 3.63) is 35.7 Å². The van der Waals surface area contributed by atoms with Crippen molar-refractivity contribution < 1.29 is 13.9 Å². The number of carbonyl (C=O) groups excluding carboxylic acids is 1. The van der Waals surface area contributed by atoms with Gasteiger partial charge in [-0.25, -0.2) is 4.98 Å². The first-order valence-electron chi connectivity index (χ1n) is 8.28. The second kappa shape index (κ2) is 7.70. The third-order valence-electron chi connectivity index (χ3n) is 4.49. The van der Waals surface area contributed by atoms with Gasteiger partial charge in [0.05, 0.1) is 19.2 Å². The van der Waals surface area contributed by atoms with Gasteiger partial charge >= 0.3 is 0 Å². The number of carbonyl (C=O) groups is 1. The molecule has 6 heteroatoms. The number of aromatic nitrogens is 1. The van der Waals surface area contributed by atoms with Gasteiger partial charge in [0, 0.05) is 17.6 Å². The maximum atomic E-state index is 12.2. The predicted octanol–water partition coefficient (Wildman–Crippen LogP) is 2.66. The molecule has 0 aliphatic rings. The number of hydrogen-bond acceptors (Lipinski definition) is 5. The highest BCUT2D eigenvalue weighted by atomic mass is 16.5. The standard InChI is InChI=1S/C19H27N3O3/c1-13-16(11-17(23)20-12-19(2,3)22(4)5)21-18(25-13)14-7-9-15(24-6)10-8-14/h7-10H,11-12H2,1-6H3,(H,20,23). The molecular formula is C19H27N3O3. The van der Waals surface area contributed by atoms with E-state index in [1.165, 1.54) is 0 Å². The van der Waals surface area contributed by atoms with Crippen molar-refractivity contribution in [2.75, 3.05) is 27.7 Å². The number of amides is 1. The van der Waals surface area contributed by atoms with E-state index in [0.717, 1.165) is 11.3 Å². The van der Waals surface area contributed by atoms with Crippen molar-refractivity contribution in [3.63, 3.8) is 0 Å². The molecule has 1 N–H and O–H groups in total. The number of ether oxygens (including phenoxy) is 1. The van der Waals surface area contributed by atoms with Crippen molar-refractivity contribution >= 4 is 5.91 Å². The van der Waals surface area contributed by atoms with Gasteiger partial charge < -0.3 is 19.4 Å². The van der Waals surface area contributed by atoms with E-state index in [9.17, 15) is 4.79 Å². The zero-order chi connectivity index (χ0) is 18.6. The van der Waals surface area contributed by atoms with Crippen LogP contribution in [0.4, 0.5) is 0 Å². The minimum Gasteiger partial charge on any atom is -0.497 e. The normalized spacial score (nSPS) is 11.6. The lowest BCUT2D eigenvalue weighted by molar-refractivity contribution is -0.121. The number of nitrogens with one attached hydrogen (secondary N) is 1. The summed E-state index contributed by atoms with van der Waals surface area (Å²) in [5, 5.41) is 2.97. The van der Waals surface area contributed by atoms with Crippen LogP contribution in [0.1, 0.15) is 25.3 Å². The summed E-state index contributed by atoms with van der Waals surface area (Å²) < 4.78 is 10.9. The predicted molar refractivity (Wildman–Crippen MR) is 97.7 cm³/mol. The maximum Gasteiger partial charge on any atom is 0.226 e. The van der Waals surface area contributed by atoms with Gasteiger partial charge in [-0.05, 0) is 59.1 Å². The van der Waals surface area contributed by atoms with Crippen LogP contribution in [0.5, 0.6) is 5.75 Å². The van der Waals surface area contributed by atoms with E-state index in [2.05, 4.69) is 29.0 Å². The van der Waals surface area contributed by atoms with Crippen molar-refractivity contribution in [1.29, 1.82) is 0 Å². The smallest absolute Gasteiger partial charge is 0.226 e. The molecule has 1 amide bonds. The number of rotatable bonds is 7. The van der Waals surface area contributed by atoms with Crippen molar-refractivity contribution in [1.82, 2.24) is 15.2 Å². The number of likely N-dealkylation sites (N-methyl/N-ethyl adjacent to an activating group) is 1. The molecule has 0 saturated heterocycles. The summed E-state index contributed by atoms with van der Waals surface area (Å²) in [5.41, 5.74) is 1.40. The van der Waals surface area contributed by atoms with Crippen LogP contribution in [0.25, 0.3) is 11.5 Å². The minimum atomic E-state index is -0.108. The first-order valence-corrected chi connectivity index (χ1v) is 8.28. The fourth-order valence-electron chi connectivity index (χ4n) is 2.14. The lowest BCUT2D eigenvalue weighted by atomic mass is 10.0. The van der Waals surface area contributed by atoms with Gasteiger partial charge in [-0.3, -0.25) is 4.79 Å². The number of nitrogens with zero attached hydrogens (tertiary/aromatic N) is 2. The molecule has 0 atom stereocenters. The second-order valence-electron chi connectivity index (χ2n) is 6.91. The monoisotopic (exact) mass is 345 g/mol. The molecule has 0 bridgehead atoms. The maximum absolute atomic E-state index is 12.2. The van der Waals surface area contributed by atoms with Crippen molar-refractivity contribution in [2.45, 2.75) is 32.7 Å². The molecule has 1 aromatic carbocycles. The van der Waals surface area contributed by atoms with E-state index in [4.69, 9.17) is 9.15 Å². The molecule has 0 saturated carbocycles. The molecule has 0 aliphatic heterocycles. The molecule has 0 unspecified atom stereocenters. The number of aryl methyl sites for hydroxylation is 1.